The van der Waals surface area contributed by atoms with Crippen LogP contribution in [0, 0.1) is 16.5 Å². The van der Waals surface area contributed by atoms with Crippen molar-refractivity contribution in [2.24, 2.45) is 11.3 Å². The third-order valence-corrected chi connectivity index (χ3v) is 5.01. The van der Waals surface area contributed by atoms with Gasteiger partial charge in [-0.25, -0.2) is 0 Å². The van der Waals surface area contributed by atoms with Gasteiger partial charge in [0.25, 0.3) is 0 Å². The van der Waals surface area contributed by atoms with Crippen molar-refractivity contribution in [3.8, 4) is 0 Å². The molecule has 4 heteroatoms. The van der Waals surface area contributed by atoms with Crippen LogP contribution in [0.1, 0.15) is 71.6 Å². The topological polar surface area (TPSA) is 44.5 Å². The van der Waals surface area contributed by atoms with Crippen molar-refractivity contribution in [3.63, 3.8) is 0 Å². The minimum atomic E-state index is -0.370. The molecule has 1 saturated carbocycles. The van der Waals surface area contributed by atoms with E-state index in [2.05, 4.69) is 13.8 Å². The van der Waals surface area contributed by atoms with Crippen molar-refractivity contribution in [3.05, 3.63) is 5.21 Å². The van der Waals surface area contributed by atoms with Gasteiger partial charge < -0.3 is 9.57 Å². The highest BCUT2D eigenvalue weighted by molar-refractivity contribution is 5.61. The Kier molecular flexibility index (Phi) is 5.70. The fraction of sp³-hybridized carbons (Fsp3) is 0.938. The zero-order chi connectivity index (χ0) is 14.4. The molecule has 116 valence electrons. The molecule has 1 aliphatic heterocycles. The molecular formula is C16H29NO3. The van der Waals surface area contributed by atoms with Crippen molar-refractivity contribution >= 4 is 6.21 Å². The van der Waals surface area contributed by atoms with Crippen LogP contribution in [0.5, 0.6) is 0 Å². The minimum absolute atomic E-state index is 0.0305. The molecule has 1 aliphatic carbocycles. The Morgan fingerprint density at radius 3 is 2.70 bits per heavy atom. The summed E-state index contributed by atoms with van der Waals surface area (Å²) in [6.07, 6.45) is 11.7. The van der Waals surface area contributed by atoms with Crippen molar-refractivity contribution < 1.29 is 14.5 Å². The molecular weight excluding hydrogens is 254 g/mol. The second-order valence-electron chi connectivity index (χ2n) is 6.30. The Bertz CT molecular complexity index is 326. The summed E-state index contributed by atoms with van der Waals surface area (Å²) in [4.78, 5) is 5.95. The summed E-state index contributed by atoms with van der Waals surface area (Å²) in [6.45, 7) is 5.00. The van der Waals surface area contributed by atoms with Crippen LogP contribution < -0.4 is 0 Å². The fourth-order valence-electron chi connectivity index (χ4n) is 3.68. The van der Waals surface area contributed by atoms with E-state index < -0.39 is 0 Å². The van der Waals surface area contributed by atoms with E-state index in [-0.39, 0.29) is 11.7 Å². The first-order valence-electron chi connectivity index (χ1n) is 8.31. The molecule has 2 unspecified atom stereocenters. The van der Waals surface area contributed by atoms with Gasteiger partial charge in [-0.2, -0.15) is 0 Å². The molecule has 0 saturated heterocycles. The monoisotopic (exact) mass is 283 g/mol. The van der Waals surface area contributed by atoms with Crippen LogP contribution in [0.25, 0.3) is 0 Å². The van der Waals surface area contributed by atoms with Gasteiger partial charge in [-0.15, -0.1) is 0 Å². The Morgan fingerprint density at radius 2 is 2.05 bits per heavy atom. The SMILES string of the molecule is CCCCOC1CC(CC)(C2CCCCC2)C=[N+]([O-])O1. The molecule has 2 aliphatic rings. The number of hydrogen-bond acceptors (Lipinski definition) is 3. The summed E-state index contributed by atoms with van der Waals surface area (Å²) in [5.41, 5.74) is -0.0305. The molecule has 0 amide bonds. The number of hydrogen-bond donors (Lipinski definition) is 0. The van der Waals surface area contributed by atoms with Crippen LogP contribution in [-0.2, 0) is 9.57 Å². The van der Waals surface area contributed by atoms with Gasteiger partial charge in [-0.3, -0.25) is 5.21 Å². The second kappa shape index (κ2) is 7.30. The first-order valence-corrected chi connectivity index (χ1v) is 8.31. The predicted octanol–water partition coefficient (Wildman–Crippen LogP) is 4.02. The number of ether oxygens (including phenoxy) is 1. The molecule has 4 nitrogen and oxygen atoms in total. The van der Waals surface area contributed by atoms with Gasteiger partial charge in [0.2, 0.25) is 6.21 Å². The van der Waals surface area contributed by atoms with Crippen molar-refractivity contribution in [2.75, 3.05) is 6.61 Å². The van der Waals surface area contributed by atoms with Crippen molar-refractivity contribution in [2.45, 2.75) is 77.9 Å². The molecule has 2 rings (SSSR count). The molecule has 0 aromatic heterocycles. The van der Waals surface area contributed by atoms with Gasteiger partial charge in [0.15, 0.2) is 6.29 Å². The lowest BCUT2D eigenvalue weighted by Gasteiger charge is -2.42. The molecule has 1 fully saturated rings. The number of nitrogens with zero attached hydrogens (tertiary/aromatic N) is 1. The maximum Gasteiger partial charge on any atom is 0.216 e. The van der Waals surface area contributed by atoms with Gasteiger partial charge in [-0.05, 0) is 31.6 Å². The van der Waals surface area contributed by atoms with Gasteiger partial charge in [-0.1, -0.05) is 39.5 Å². The molecule has 0 bridgehead atoms. The number of unbranched alkanes of at least 4 members (excludes halogenated alkanes) is 1. The van der Waals surface area contributed by atoms with E-state index in [1.807, 2.05) is 0 Å². The predicted molar refractivity (Wildman–Crippen MR) is 79.3 cm³/mol. The van der Waals surface area contributed by atoms with Crippen LogP contribution in [-0.4, -0.2) is 24.0 Å². The van der Waals surface area contributed by atoms with E-state index in [1.54, 1.807) is 6.21 Å². The minimum Gasteiger partial charge on any atom is -0.372 e. The van der Waals surface area contributed by atoms with E-state index in [0.29, 0.717) is 17.4 Å². The molecule has 20 heavy (non-hydrogen) atoms. The van der Waals surface area contributed by atoms with E-state index in [4.69, 9.17) is 9.57 Å². The molecule has 0 aromatic rings. The Hall–Kier alpha value is -0.770. The largest absolute Gasteiger partial charge is 0.372 e. The summed E-state index contributed by atoms with van der Waals surface area (Å²) < 4.78 is 5.76. The maximum absolute atomic E-state index is 11.9. The lowest BCUT2D eigenvalue weighted by molar-refractivity contribution is -0.771. The summed E-state index contributed by atoms with van der Waals surface area (Å²) in [5.74, 6) is 0.610. The summed E-state index contributed by atoms with van der Waals surface area (Å²) in [7, 11) is 0. The number of rotatable bonds is 6. The Morgan fingerprint density at radius 1 is 1.30 bits per heavy atom. The standard InChI is InChI=1S/C16H29NO3/c1-3-5-11-19-15-12-16(4-2,13-17(18)20-15)14-9-7-6-8-10-14/h13-15H,3-12H2,1-2H3. The van der Waals surface area contributed by atoms with Gasteiger partial charge in [0.05, 0.1) is 5.41 Å². The quantitative estimate of drug-likeness (QED) is 0.546. The molecule has 0 aromatic carbocycles. The third-order valence-electron chi connectivity index (χ3n) is 5.01. The maximum atomic E-state index is 11.9. The average Bonchev–Trinajstić information content (AvgIpc) is 2.48. The van der Waals surface area contributed by atoms with Crippen molar-refractivity contribution in [1.29, 1.82) is 0 Å². The van der Waals surface area contributed by atoms with E-state index in [1.165, 1.54) is 32.1 Å². The Labute approximate surface area is 122 Å². The van der Waals surface area contributed by atoms with Crippen LogP contribution in [0.15, 0.2) is 0 Å². The zero-order valence-electron chi connectivity index (χ0n) is 13.0. The molecule has 0 radical (unpaired) electrons. The normalized spacial score (nSPS) is 31.7. The first-order chi connectivity index (χ1) is 9.70. The second-order valence-corrected chi connectivity index (χ2v) is 6.30. The Balaban J connectivity index is 2.04. The van der Waals surface area contributed by atoms with E-state index >= 15 is 0 Å². The summed E-state index contributed by atoms with van der Waals surface area (Å²) >= 11 is 0. The lowest BCUT2D eigenvalue weighted by atomic mass is 9.65. The molecule has 1 heterocycles. The van der Waals surface area contributed by atoms with Crippen LogP contribution >= 0.6 is 0 Å². The van der Waals surface area contributed by atoms with Gasteiger partial charge >= 0.3 is 0 Å². The van der Waals surface area contributed by atoms with Gasteiger partial charge in [0.1, 0.15) is 0 Å². The van der Waals surface area contributed by atoms with Crippen LogP contribution in [0.2, 0.25) is 0 Å². The smallest absolute Gasteiger partial charge is 0.216 e. The first kappa shape index (κ1) is 15.6. The third kappa shape index (κ3) is 3.66. The fourth-order valence-corrected chi connectivity index (χ4v) is 3.68. The lowest BCUT2D eigenvalue weighted by Crippen LogP contribution is -2.45. The van der Waals surface area contributed by atoms with E-state index in [9.17, 15) is 5.21 Å². The zero-order valence-corrected chi connectivity index (χ0v) is 13.0. The summed E-state index contributed by atoms with van der Waals surface area (Å²) in [5, 5.41) is 11.9. The highest BCUT2D eigenvalue weighted by atomic mass is 16.9. The summed E-state index contributed by atoms with van der Waals surface area (Å²) in [6, 6.07) is 0. The average molecular weight is 283 g/mol. The molecule has 0 spiro atoms. The van der Waals surface area contributed by atoms with Crippen LogP contribution in [0.3, 0.4) is 0 Å². The molecule has 0 N–H and O–H groups in total. The van der Waals surface area contributed by atoms with Crippen LogP contribution in [0.4, 0.5) is 0 Å². The van der Waals surface area contributed by atoms with E-state index in [0.717, 1.165) is 25.7 Å². The van der Waals surface area contributed by atoms with Crippen molar-refractivity contribution in [1.82, 2.24) is 0 Å². The molecule has 2 atom stereocenters. The highest BCUT2D eigenvalue weighted by Crippen LogP contribution is 2.45. The van der Waals surface area contributed by atoms with Gasteiger partial charge in [0, 0.05) is 17.9 Å². The highest BCUT2D eigenvalue weighted by Gasteiger charge is 2.44.